The Kier molecular flexibility index (Phi) is 7.98. The van der Waals surface area contributed by atoms with Gasteiger partial charge in [-0.15, -0.1) is 5.10 Å². The van der Waals surface area contributed by atoms with Gasteiger partial charge >= 0.3 is 0 Å². The van der Waals surface area contributed by atoms with Gasteiger partial charge < -0.3 is 4.98 Å². The molecule has 0 fully saturated rings. The van der Waals surface area contributed by atoms with E-state index in [9.17, 15) is 4.79 Å². The minimum atomic E-state index is -0.0630. The maximum Gasteiger partial charge on any atom is 0.252 e. The Morgan fingerprint density at radius 2 is 1.64 bits per heavy atom. The Morgan fingerprint density at radius 3 is 2.38 bits per heavy atom. The van der Waals surface area contributed by atoms with Gasteiger partial charge in [-0.2, -0.15) is 0 Å². The zero-order chi connectivity index (χ0) is 27.4. The summed E-state index contributed by atoms with van der Waals surface area (Å²) < 4.78 is 1.92. The number of nitrogens with zero attached hydrogens (tertiary/aromatic N) is 5. The van der Waals surface area contributed by atoms with Crippen LogP contribution >= 0.6 is 0 Å². The van der Waals surface area contributed by atoms with Gasteiger partial charge in [0.25, 0.3) is 5.56 Å². The standard InChI is InChI=1S/C32H36N6O/c1-5-30(31-34-35-36-38(31)16-15-25-9-7-6-8-10-25)37(20-26-13-11-22(2)12-14-26)21-28-19-27-17-23(3)24(4)18-29(27)33-32(28)39/h6-14,17-19,30H,5,15-16,20-21H2,1-4H3,(H,33,39)/t30-/m0/s1. The molecule has 0 aliphatic heterocycles. The van der Waals surface area contributed by atoms with Crippen molar-refractivity contribution in [2.45, 2.75) is 66.2 Å². The topological polar surface area (TPSA) is 79.7 Å². The Labute approximate surface area is 229 Å². The summed E-state index contributed by atoms with van der Waals surface area (Å²) in [6, 6.07) is 25.1. The van der Waals surface area contributed by atoms with Crippen LogP contribution in [-0.4, -0.2) is 30.1 Å². The summed E-state index contributed by atoms with van der Waals surface area (Å²) in [5.41, 5.74) is 7.58. The molecule has 1 N–H and O–H groups in total. The fourth-order valence-electron chi connectivity index (χ4n) is 5.16. The van der Waals surface area contributed by atoms with Crippen LogP contribution in [0.3, 0.4) is 0 Å². The molecule has 200 valence electrons. The highest BCUT2D eigenvalue weighted by atomic mass is 16.1. The molecular formula is C32H36N6O. The second-order valence-corrected chi connectivity index (χ2v) is 10.5. The van der Waals surface area contributed by atoms with Crippen molar-refractivity contribution >= 4 is 10.9 Å². The predicted molar refractivity (Wildman–Crippen MR) is 155 cm³/mol. The van der Waals surface area contributed by atoms with E-state index < -0.39 is 0 Å². The number of hydrogen-bond donors (Lipinski definition) is 1. The van der Waals surface area contributed by atoms with E-state index >= 15 is 0 Å². The molecule has 0 aliphatic carbocycles. The molecule has 0 radical (unpaired) electrons. The van der Waals surface area contributed by atoms with E-state index in [0.717, 1.165) is 35.1 Å². The molecule has 5 rings (SSSR count). The zero-order valence-electron chi connectivity index (χ0n) is 23.2. The summed E-state index contributed by atoms with van der Waals surface area (Å²) in [5, 5.41) is 13.9. The lowest BCUT2D eigenvalue weighted by atomic mass is 10.0. The van der Waals surface area contributed by atoms with Crippen molar-refractivity contribution in [2.24, 2.45) is 0 Å². The predicted octanol–water partition coefficient (Wildman–Crippen LogP) is 5.84. The molecule has 3 aromatic carbocycles. The Hall–Kier alpha value is -4.10. The molecule has 1 atom stereocenters. The van der Waals surface area contributed by atoms with Gasteiger partial charge in [0.1, 0.15) is 0 Å². The first-order chi connectivity index (χ1) is 18.9. The van der Waals surface area contributed by atoms with Crippen molar-refractivity contribution < 1.29 is 0 Å². The molecule has 0 saturated carbocycles. The third-order valence-corrected chi connectivity index (χ3v) is 7.56. The highest BCUT2D eigenvalue weighted by Gasteiger charge is 2.26. The van der Waals surface area contributed by atoms with Crippen LogP contribution in [0.1, 0.15) is 58.6 Å². The number of fused-ring (bicyclic) bond motifs is 1. The summed E-state index contributed by atoms with van der Waals surface area (Å²) in [5.74, 6) is 0.823. The second-order valence-electron chi connectivity index (χ2n) is 10.5. The van der Waals surface area contributed by atoms with Crippen molar-refractivity contribution in [1.82, 2.24) is 30.1 Å². The van der Waals surface area contributed by atoms with Crippen LogP contribution in [0.25, 0.3) is 10.9 Å². The number of tetrazole rings is 1. The summed E-state index contributed by atoms with van der Waals surface area (Å²) >= 11 is 0. The number of aromatic nitrogens is 5. The maximum absolute atomic E-state index is 13.3. The number of benzene rings is 3. The normalized spacial score (nSPS) is 12.3. The Balaban J connectivity index is 1.49. The SMILES string of the molecule is CC[C@@H](c1nnnn1CCc1ccccc1)N(Cc1ccc(C)cc1)Cc1cc2cc(C)c(C)cc2[nH]c1=O. The average Bonchev–Trinajstić information content (AvgIpc) is 3.39. The molecule has 5 aromatic rings. The quantitative estimate of drug-likeness (QED) is 0.250. The Bertz CT molecular complexity index is 1600. The van der Waals surface area contributed by atoms with E-state index in [1.165, 1.54) is 27.8 Å². The van der Waals surface area contributed by atoms with Gasteiger partial charge in [-0.3, -0.25) is 9.69 Å². The van der Waals surface area contributed by atoms with Crippen LogP contribution in [0, 0.1) is 20.8 Å². The van der Waals surface area contributed by atoms with Crippen molar-refractivity contribution in [3.05, 3.63) is 122 Å². The van der Waals surface area contributed by atoms with E-state index in [0.29, 0.717) is 19.6 Å². The van der Waals surface area contributed by atoms with Crippen molar-refractivity contribution in [3.8, 4) is 0 Å². The van der Waals surface area contributed by atoms with Gasteiger partial charge in [0.2, 0.25) is 0 Å². The van der Waals surface area contributed by atoms with Crippen molar-refractivity contribution in [3.63, 3.8) is 0 Å². The first kappa shape index (κ1) is 26.5. The van der Waals surface area contributed by atoms with Crippen LogP contribution in [0.2, 0.25) is 0 Å². The number of pyridine rings is 1. The van der Waals surface area contributed by atoms with Gasteiger partial charge in [-0.05, 0) is 89.9 Å². The van der Waals surface area contributed by atoms with Crippen molar-refractivity contribution in [1.29, 1.82) is 0 Å². The molecular weight excluding hydrogens is 484 g/mol. The molecule has 2 aromatic heterocycles. The van der Waals surface area contributed by atoms with E-state index in [-0.39, 0.29) is 11.6 Å². The lowest BCUT2D eigenvalue weighted by Crippen LogP contribution is -2.32. The van der Waals surface area contributed by atoms with Gasteiger partial charge in [0.15, 0.2) is 5.82 Å². The number of hydrogen-bond acceptors (Lipinski definition) is 5. The average molecular weight is 521 g/mol. The molecule has 0 bridgehead atoms. The lowest BCUT2D eigenvalue weighted by molar-refractivity contribution is 0.160. The minimum Gasteiger partial charge on any atom is -0.322 e. The summed E-state index contributed by atoms with van der Waals surface area (Å²) in [4.78, 5) is 18.7. The minimum absolute atomic E-state index is 0.0572. The number of H-pyrrole nitrogens is 1. The summed E-state index contributed by atoms with van der Waals surface area (Å²) in [7, 11) is 0. The lowest BCUT2D eigenvalue weighted by Gasteiger charge is -2.30. The van der Waals surface area contributed by atoms with Gasteiger partial charge in [0, 0.05) is 30.7 Å². The third-order valence-electron chi connectivity index (χ3n) is 7.56. The van der Waals surface area contributed by atoms with Crippen LogP contribution in [-0.2, 0) is 26.1 Å². The number of nitrogens with one attached hydrogen (secondary N) is 1. The number of aromatic amines is 1. The van der Waals surface area contributed by atoms with E-state index in [2.05, 4.69) is 114 Å². The van der Waals surface area contributed by atoms with Crippen LogP contribution in [0.5, 0.6) is 0 Å². The van der Waals surface area contributed by atoms with E-state index in [4.69, 9.17) is 0 Å². The van der Waals surface area contributed by atoms with Crippen LogP contribution < -0.4 is 5.56 Å². The number of aryl methyl sites for hydroxylation is 5. The zero-order valence-corrected chi connectivity index (χ0v) is 23.2. The van der Waals surface area contributed by atoms with Gasteiger partial charge in [-0.25, -0.2) is 4.68 Å². The molecule has 0 amide bonds. The monoisotopic (exact) mass is 520 g/mol. The van der Waals surface area contributed by atoms with E-state index in [1.54, 1.807) is 0 Å². The first-order valence-electron chi connectivity index (χ1n) is 13.6. The highest BCUT2D eigenvalue weighted by Crippen LogP contribution is 2.27. The fraction of sp³-hybridized carbons (Fsp3) is 0.312. The van der Waals surface area contributed by atoms with Crippen LogP contribution in [0.4, 0.5) is 0 Å². The maximum atomic E-state index is 13.3. The van der Waals surface area contributed by atoms with Crippen molar-refractivity contribution in [2.75, 3.05) is 0 Å². The smallest absolute Gasteiger partial charge is 0.252 e. The molecule has 0 saturated heterocycles. The van der Waals surface area contributed by atoms with E-state index in [1.807, 2.05) is 16.8 Å². The molecule has 39 heavy (non-hydrogen) atoms. The first-order valence-corrected chi connectivity index (χ1v) is 13.6. The molecule has 0 spiro atoms. The Morgan fingerprint density at radius 1 is 0.897 bits per heavy atom. The summed E-state index contributed by atoms with van der Waals surface area (Å²) in [6.07, 6.45) is 1.65. The van der Waals surface area contributed by atoms with Gasteiger partial charge in [-0.1, -0.05) is 67.1 Å². The molecule has 7 heteroatoms. The fourth-order valence-corrected chi connectivity index (χ4v) is 5.16. The molecule has 0 unspecified atom stereocenters. The largest absolute Gasteiger partial charge is 0.322 e. The third kappa shape index (κ3) is 6.15. The summed E-state index contributed by atoms with van der Waals surface area (Å²) in [6.45, 7) is 10.3. The highest BCUT2D eigenvalue weighted by molar-refractivity contribution is 5.80. The van der Waals surface area contributed by atoms with Crippen LogP contribution in [0.15, 0.2) is 77.6 Å². The molecule has 0 aliphatic rings. The molecule has 2 heterocycles. The van der Waals surface area contributed by atoms with Gasteiger partial charge in [0.05, 0.1) is 6.04 Å². The molecule has 7 nitrogen and oxygen atoms in total. The number of rotatable bonds is 10. The second kappa shape index (κ2) is 11.7.